The highest BCUT2D eigenvalue weighted by Crippen LogP contribution is 2.25. The lowest BCUT2D eigenvalue weighted by Gasteiger charge is -2.23. The summed E-state index contributed by atoms with van der Waals surface area (Å²) in [4.78, 5) is 13.7. The molecule has 1 aliphatic rings. The number of carbonyl (C=O) groups excluding carboxylic acids is 1. The third-order valence-electron chi connectivity index (χ3n) is 3.67. The van der Waals surface area contributed by atoms with Gasteiger partial charge in [0.15, 0.2) is 6.61 Å². The Bertz CT molecular complexity index is 563. The first-order valence-corrected chi connectivity index (χ1v) is 7.29. The topological polar surface area (TPSA) is 61.8 Å². The lowest BCUT2D eigenvalue weighted by Crippen LogP contribution is -2.40. The molecule has 2 rings (SSSR count). The fraction of sp³-hybridized carbons (Fsp3) is 0.533. The van der Waals surface area contributed by atoms with Crippen LogP contribution in [0.1, 0.15) is 18.4 Å². The minimum atomic E-state index is -4.39. The molecular weight excluding hydrogens is 313 g/mol. The second-order valence-corrected chi connectivity index (χ2v) is 5.49. The Morgan fingerprint density at radius 2 is 2.22 bits per heavy atom. The number of aliphatic hydroxyl groups excluding tert-OH is 1. The number of alkyl halides is 3. The van der Waals surface area contributed by atoms with Crippen LogP contribution in [0.25, 0.3) is 0 Å². The molecule has 0 aliphatic carbocycles. The zero-order chi connectivity index (χ0) is 17.0. The van der Waals surface area contributed by atoms with Crippen molar-refractivity contribution in [2.24, 2.45) is 0 Å². The van der Waals surface area contributed by atoms with Crippen molar-refractivity contribution < 1.29 is 27.8 Å². The normalized spacial score (nSPS) is 18.1. The molecule has 0 bridgehead atoms. The molecule has 1 saturated heterocycles. The molecule has 5 nitrogen and oxygen atoms in total. The number of nitrogens with one attached hydrogen (secondary N) is 1. The summed E-state index contributed by atoms with van der Waals surface area (Å²) in [6.45, 7) is 0.735. The lowest BCUT2D eigenvalue weighted by atomic mass is 10.2. The molecule has 1 aromatic rings. The number of hydrogen-bond acceptors (Lipinski definition) is 3. The minimum Gasteiger partial charge on any atom is -0.484 e. The van der Waals surface area contributed by atoms with Crippen molar-refractivity contribution in [2.75, 3.05) is 25.1 Å². The van der Waals surface area contributed by atoms with E-state index in [1.165, 1.54) is 12.1 Å². The summed E-state index contributed by atoms with van der Waals surface area (Å²) in [7, 11) is 0. The summed E-state index contributed by atoms with van der Waals surface area (Å²) in [6, 6.07) is 3.91. The van der Waals surface area contributed by atoms with Crippen molar-refractivity contribution in [1.82, 2.24) is 4.90 Å². The number of amides is 2. The first kappa shape index (κ1) is 17.4. The van der Waals surface area contributed by atoms with Crippen LogP contribution in [0, 0.1) is 6.92 Å². The van der Waals surface area contributed by atoms with E-state index in [0.29, 0.717) is 17.8 Å². The fourth-order valence-corrected chi connectivity index (χ4v) is 2.54. The number of rotatable bonds is 4. The summed E-state index contributed by atoms with van der Waals surface area (Å²) in [5.74, 6) is 0.120. The number of ether oxygens (including phenoxy) is 1. The molecule has 1 fully saturated rings. The van der Waals surface area contributed by atoms with Gasteiger partial charge in [-0.25, -0.2) is 4.79 Å². The van der Waals surface area contributed by atoms with Gasteiger partial charge in [0.05, 0.1) is 12.6 Å². The van der Waals surface area contributed by atoms with Crippen LogP contribution in [0.3, 0.4) is 0 Å². The highest BCUT2D eigenvalue weighted by Gasteiger charge is 2.29. The second kappa shape index (κ2) is 7.08. The van der Waals surface area contributed by atoms with Crippen molar-refractivity contribution in [3.8, 4) is 5.75 Å². The maximum Gasteiger partial charge on any atom is 0.422 e. The van der Waals surface area contributed by atoms with Gasteiger partial charge in [0.1, 0.15) is 5.75 Å². The number of aliphatic hydroxyl groups is 1. The van der Waals surface area contributed by atoms with Gasteiger partial charge in [0.25, 0.3) is 0 Å². The van der Waals surface area contributed by atoms with Crippen LogP contribution in [0.2, 0.25) is 0 Å². The highest BCUT2D eigenvalue weighted by atomic mass is 19.4. The van der Waals surface area contributed by atoms with Crippen molar-refractivity contribution in [3.05, 3.63) is 23.8 Å². The van der Waals surface area contributed by atoms with Crippen LogP contribution in [-0.2, 0) is 0 Å². The number of anilines is 1. The minimum absolute atomic E-state index is 0.0866. The van der Waals surface area contributed by atoms with Gasteiger partial charge in [0.2, 0.25) is 0 Å². The average molecular weight is 332 g/mol. The van der Waals surface area contributed by atoms with Crippen LogP contribution < -0.4 is 10.1 Å². The molecule has 1 atom stereocenters. The van der Waals surface area contributed by atoms with E-state index < -0.39 is 12.8 Å². The van der Waals surface area contributed by atoms with Gasteiger partial charge < -0.3 is 20.1 Å². The summed E-state index contributed by atoms with van der Waals surface area (Å²) in [6.07, 6.45) is -2.80. The van der Waals surface area contributed by atoms with Gasteiger partial charge in [-0.15, -0.1) is 0 Å². The molecule has 0 radical (unpaired) electrons. The van der Waals surface area contributed by atoms with Crippen LogP contribution in [0.5, 0.6) is 5.75 Å². The largest absolute Gasteiger partial charge is 0.484 e. The third kappa shape index (κ3) is 4.75. The fourth-order valence-electron chi connectivity index (χ4n) is 2.54. The third-order valence-corrected chi connectivity index (χ3v) is 3.67. The summed E-state index contributed by atoms with van der Waals surface area (Å²) >= 11 is 0. The number of nitrogens with zero attached hydrogens (tertiary/aromatic N) is 1. The zero-order valence-corrected chi connectivity index (χ0v) is 12.7. The van der Waals surface area contributed by atoms with E-state index in [4.69, 9.17) is 4.74 Å². The quantitative estimate of drug-likeness (QED) is 0.891. The van der Waals surface area contributed by atoms with E-state index in [9.17, 15) is 23.1 Å². The summed E-state index contributed by atoms with van der Waals surface area (Å²) in [5.41, 5.74) is 0.961. The van der Waals surface area contributed by atoms with E-state index in [1.807, 2.05) is 0 Å². The Morgan fingerprint density at radius 1 is 1.48 bits per heavy atom. The molecule has 1 heterocycles. The van der Waals surface area contributed by atoms with Crippen LogP contribution in [0.4, 0.5) is 23.7 Å². The van der Waals surface area contributed by atoms with E-state index >= 15 is 0 Å². The standard InChI is InChI=1S/C15H19F3N2O3/c1-10-7-11(4-5-13(10)23-9-15(16,17)18)19-14(22)20-6-2-3-12(20)8-21/h4-5,7,12,21H,2-3,6,8-9H2,1H3,(H,19,22)/t12-/m0/s1. The molecule has 1 aromatic carbocycles. The molecule has 0 spiro atoms. The molecule has 0 aromatic heterocycles. The van der Waals surface area contributed by atoms with Gasteiger partial charge in [-0.2, -0.15) is 13.2 Å². The van der Waals surface area contributed by atoms with E-state index in [0.717, 1.165) is 12.8 Å². The summed E-state index contributed by atoms with van der Waals surface area (Å²) in [5, 5.41) is 11.9. The number of halogens is 3. The number of hydrogen-bond donors (Lipinski definition) is 2. The Hall–Kier alpha value is -1.96. The molecule has 2 amide bonds. The second-order valence-electron chi connectivity index (χ2n) is 5.49. The lowest BCUT2D eigenvalue weighted by molar-refractivity contribution is -0.153. The molecular formula is C15H19F3N2O3. The smallest absolute Gasteiger partial charge is 0.422 e. The highest BCUT2D eigenvalue weighted by molar-refractivity contribution is 5.90. The molecule has 23 heavy (non-hydrogen) atoms. The molecule has 0 saturated carbocycles. The van der Waals surface area contributed by atoms with E-state index in [-0.39, 0.29) is 24.4 Å². The predicted molar refractivity (Wildman–Crippen MR) is 78.6 cm³/mol. The zero-order valence-electron chi connectivity index (χ0n) is 12.7. The maximum atomic E-state index is 12.2. The van der Waals surface area contributed by atoms with Crippen LogP contribution >= 0.6 is 0 Å². The Morgan fingerprint density at radius 3 is 2.83 bits per heavy atom. The molecule has 2 N–H and O–H groups in total. The van der Waals surface area contributed by atoms with Crippen molar-refractivity contribution in [3.63, 3.8) is 0 Å². The van der Waals surface area contributed by atoms with Crippen molar-refractivity contribution in [1.29, 1.82) is 0 Å². The first-order valence-electron chi connectivity index (χ1n) is 7.29. The van der Waals surface area contributed by atoms with Gasteiger partial charge in [-0.05, 0) is 43.5 Å². The molecule has 8 heteroatoms. The Balaban J connectivity index is 1.98. The maximum absolute atomic E-state index is 12.2. The van der Waals surface area contributed by atoms with Crippen molar-refractivity contribution in [2.45, 2.75) is 32.0 Å². The first-order chi connectivity index (χ1) is 10.8. The summed E-state index contributed by atoms with van der Waals surface area (Å²) < 4.78 is 41.2. The van der Waals surface area contributed by atoms with Gasteiger partial charge in [-0.1, -0.05) is 0 Å². The number of benzene rings is 1. The van der Waals surface area contributed by atoms with Gasteiger partial charge in [0, 0.05) is 12.2 Å². The van der Waals surface area contributed by atoms with Gasteiger partial charge in [-0.3, -0.25) is 0 Å². The van der Waals surface area contributed by atoms with Crippen LogP contribution in [0.15, 0.2) is 18.2 Å². The monoisotopic (exact) mass is 332 g/mol. The number of aryl methyl sites for hydroxylation is 1. The molecule has 0 unspecified atom stereocenters. The molecule has 128 valence electrons. The number of urea groups is 1. The Kier molecular flexibility index (Phi) is 5.35. The average Bonchev–Trinajstić information content (AvgIpc) is 2.94. The van der Waals surface area contributed by atoms with E-state index in [2.05, 4.69) is 5.32 Å². The van der Waals surface area contributed by atoms with Gasteiger partial charge >= 0.3 is 12.2 Å². The van der Waals surface area contributed by atoms with Crippen LogP contribution in [-0.4, -0.2) is 48.0 Å². The SMILES string of the molecule is Cc1cc(NC(=O)N2CCC[C@H]2CO)ccc1OCC(F)(F)F. The number of likely N-dealkylation sites (tertiary alicyclic amines) is 1. The predicted octanol–water partition coefficient (Wildman–Crippen LogP) is 2.92. The number of carbonyl (C=O) groups is 1. The molecule has 1 aliphatic heterocycles. The Labute approximate surface area is 132 Å². The van der Waals surface area contributed by atoms with E-state index in [1.54, 1.807) is 17.9 Å². The van der Waals surface area contributed by atoms with Crippen molar-refractivity contribution >= 4 is 11.7 Å².